The number of rotatable bonds is 10. The molecule has 1 aliphatic heterocycles. The van der Waals surface area contributed by atoms with Gasteiger partial charge in [-0.25, -0.2) is 0 Å². The van der Waals surface area contributed by atoms with E-state index in [1.165, 1.54) is 11.8 Å². The number of anilines is 1. The molecule has 2 aromatic carbocycles. The smallest absolute Gasteiger partial charge is 0.266 e. The average molecular weight is 550 g/mol. The van der Waals surface area contributed by atoms with Crippen molar-refractivity contribution in [3.05, 3.63) is 57.4 Å². The van der Waals surface area contributed by atoms with Crippen molar-refractivity contribution >= 4 is 67.8 Å². The van der Waals surface area contributed by atoms with Crippen molar-refractivity contribution in [3.8, 4) is 11.5 Å². The van der Waals surface area contributed by atoms with Gasteiger partial charge in [-0.15, -0.1) is 0 Å². The summed E-state index contributed by atoms with van der Waals surface area (Å²) in [5, 5.41) is 2.89. The van der Waals surface area contributed by atoms with Crippen molar-refractivity contribution in [2.24, 2.45) is 0 Å². The second-order valence-corrected chi connectivity index (χ2v) is 9.91. The van der Waals surface area contributed by atoms with Crippen LogP contribution in [-0.4, -0.2) is 41.8 Å². The van der Waals surface area contributed by atoms with Crippen molar-refractivity contribution in [2.45, 2.75) is 25.7 Å². The maximum absolute atomic E-state index is 12.8. The van der Waals surface area contributed by atoms with Crippen LogP contribution in [0, 0.1) is 0 Å². The zero-order chi connectivity index (χ0) is 23.8. The number of thiocarbonyl (C=S) groups is 1. The standard InChI is InChI=1S/C24H25BrN2O4S2/c1-30-19-11-10-16(13-20(19)31-2)14-21-23(29)27(24(32)33-21)12-5-3-4-9-22(28)26-18-8-6-7-17(25)15-18/h6-8,10-11,13-15H,3-5,9,12H2,1-2H3,(H,26,28). The summed E-state index contributed by atoms with van der Waals surface area (Å²) in [6.45, 7) is 0.543. The molecule has 3 rings (SSSR count). The molecule has 0 bridgehead atoms. The summed E-state index contributed by atoms with van der Waals surface area (Å²) in [7, 11) is 3.16. The molecule has 0 aliphatic carbocycles. The fourth-order valence-corrected chi connectivity index (χ4v) is 5.02. The molecule has 1 N–H and O–H groups in total. The first-order chi connectivity index (χ1) is 15.9. The van der Waals surface area contributed by atoms with Gasteiger partial charge >= 0.3 is 0 Å². The molecular weight excluding hydrogens is 524 g/mol. The molecule has 2 aromatic rings. The first-order valence-corrected chi connectivity index (χ1v) is 12.5. The van der Waals surface area contributed by atoms with Crippen molar-refractivity contribution in [3.63, 3.8) is 0 Å². The lowest BCUT2D eigenvalue weighted by Gasteiger charge is -2.14. The van der Waals surface area contributed by atoms with E-state index in [2.05, 4.69) is 21.2 Å². The fourth-order valence-electron chi connectivity index (χ4n) is 3.31. The molecule has 1 heterocycles. The Morgan fingerprint density at radius 2 is 1.91 bits per heavy atom. The van der Waals surface area contributed by atoms with Gasteiger partial charge in [-0.3, -0.25) is 14.5 Å². The van der Waals surface area contributed by atoms with Crippen LogP contribution in [0.15, 0.2) is 51.8 Å². The van der Waals surface area contributed by atoms with Crippen molar-refractivity contribution < 1.29 is 19.1 Å². The molecule has 1 aliphatic rings. The molecule has 0 spiro atoms. The van der Waals surface area contributed by atoms with Crippen molar-refractivity contribution in [1.82, 2.24) is 4.90 Å². The Kier molecular flexibility index (Phi) is 9.34. The van der Waals surface area contributed by atoms with Gasteiger partial charge in [0.05, 0.1) is 19.1 Å². The zero-order valence-corrected chi connectivity index (χ0v) is 21.6. The monoisotopic (exact) mass is 548 g/mol. The van der Waals surface area contributed by atoms with E-state index in [1.807, 2.05) is 42.5 Å². The summed E-state index contributed by atoms with van der Waals surface area (Å²) in [5.41, 5.74) is 1.61. The molecule has 0 unspecified atom stereocenters. The van der Waals surface area contributed by atoms with E-state index in [4.69, 9.17) is 21.7 Å². The summed E-state index contributed by atoms with van der Waals surface area (Å²) in [5.74, 6) is 1.13. The molecule has 0 radical (unpaired) electrons. The number of benzene rings is 2. The first kappa shape index (κ1) is 25.3. The van der Waals surface area contributed by atoms with Crippen LogP contribution in [0.3, 0.4) is 0 Å². The predicted molar refractivity (Wildman–Crippen MR) is 141 cm³/mol. The second kappa shape index (κ2) is 12.2. The van der Waals surface area contributed by atoms with Crippen molar-refractivity contribution in [1.29, 1.82) is 0 Å². The van der Waals surface area contributed by atoms with Crippen molar-refractivity contribution in [2.75, 3.05) is 26.1 Å². The highest BCUT2D eigenvalue weighted by atomic mass is 79.9. The summed E-state index contributed by atoms with van der Waals surface area (Å²) >= 11 is 10.1. The van der Waals surface area contributed by atoms with Gasteiger partial charge < -0.3 is 14.8 Å². The Morgan fingerprint density at radius 3 is 2.64 bits per heavy atom. The van der Waals surface area contributed by atoms with Crippen LogP contribution in [0.5, 0.6) is 11.5 Å². The number of carbonyl (C=O) groups excluding carboxylic acids is 2. The number of nitrogens with one attached hydrogen (secondary N) is 1. The number of nitrogens with zero attached hydrogens (tertiary/aromatic N) is 1. The third kappa shape index (κ3) is 7.06. The largest absolute Gasteiger partial charge is 0.493 e. The summed E-state index contributed by atoms with van der Waals surface area (Å²) in [6.07, 6.45) is 4.60. The Hall–Kier alpha value is -2.36. The summed E-state index contributed by atoms with van der Waals surface area (Å²) in [4.78, 5) is 27.2. The van der Waals surface area contributed by atoms with Crippen LogP contribution >= 0.6 is 39.9 Å². The van der Waals surface area contributed by atoms with Gasteiger partial charge in [0.25, 0.3) is 5.91 Å². The first-order valence-electron chi connectivity index (χ1n) is 10.4. The van der Waals surface area contributed by atoms with E-state index in [0.717, 1.165) is 35.0 Å². The Balaban J connectivity index is 1.46. The van der Waals surface area contributed by atoms with E-state index >= 15 is 0 Å². The highest BCUT2D eigenvalue weighted by Crippen LogP contribution is 2.34. The van der Waals surface area contributed by atoms with Crippen LogP contribution in [0.25, 0.3) is 6.08 Å². The zero-order valence-electron chi connectivity index (χ0n) is 18.4. The van der Waals surface area contributed by atoms with Crippen LogP contribution in [-0.2, 0) is 9.59 Å². The normalized spacial score (nSPS) is 14.6. The molecule has 9 heteroatoms. The Bertz CT molecular complexity index is 1070. The number of methoxy groups -OCH3 is 2. The summed E-state index contributed by atoms with van der Waals surface area (Å²) < 4.78 is 12.1. The lowest BCUT2D eigenvalue weighted by molar-refractivity contribution is -0.122. The molecule has 0 aromatic heterocycles. The lowest BCUT2D eigenvalue weighted by atomic mass is 10.1. The van der Waals surface area contributed by atoms with Gasteiger partial charge in [-0.1, -0.05) is 58.5 Å². The molecular formula is C24H25BrN2O4S2. The van der Waals surface area contributed by atoms with Crippen LogP contribution in [0.4, 0.5) is 5.69 Å². The highest BCUT2D eigenvalue weighted by Gasteiger charge is 2.31. The maximum atomic E-state index is 12.8. The summed E-state index contributed by atoms with van der Waals surface area (Å²) in [6, 6.07) is 13.0. The number of ether oxygens (including phenoxy) is 2. The van der Waals surface area contributed by atoms with Gasteiger partial charge in [0, 0.05) is 23.1 Å². The third-order valence-electron chi connectivity index (χ3n) is 4.97. The SMILES string of the molecule is COc1ccc(C=C2SC(=S)N(CCCCCC(=O)Nc3cccc(Br)c3)C2=O)cc1OC. The molecule has 0 atom stereocenters. The molecule has 0 saturated carbocycles. The second-order valence-electron chi connectivity index (χ2n) is 7.32. The topological polar surface area (TPSA) is 67.9 Å². The highest BCUT2D eigenvalue weighted by molar-refractivity contribution is 9.10. The van der Waals surface area contributed by atoms with E-state index in [1.54, 1.807) is 25.2 Å². The quantitative estimate of drug-likeness (QED) is 0.227. The van der Waals surface area contributed by atoms with Crippen LogP contribution < -0.4 is 14.8 Å². The lowest BCUT2D eigenvalue weighted by Crippen LogP contribution is -2.29. The van der Waals surface area contributed by atoms with E-state index < -0.39 is 0 Å². The van der Waals surface area contributed by atoms with Gasteiger partial charge in [-0.05, 0) is 54.8 Å². The maximum Gasteiger partial charge on any atom is 0.266 e. The minimum Gasteiger partial charge on any atom is -0.493 e. The molecule has 1 fully saturated rings. The van der Waals surface area contributed by atoms with Crippen LogP contribution in [0.2, 0.25) is 0 Å². The van der Waals surface area contributed by atoms with E-state index in [-0.39, 0.29) is 11.8 Å². The number of hydrogen-bond donors (Lipinski definition) is 1. The predicted octanol–water partition coefficient (Wildman–Crippen LogP) is 5.87. The average Bonchev–Trinajstić information content (AvgIpc) is 3.05. The number of hydrogen-bond acceptors (Lipinski definition) is 6. The molecule has 174 valence electrons. The Labute approximate surface area is 211 Å². The molecule has 33 heavy (non-hydrogen) atoms. The number of amides is 2. The van der Waals surface area contributed by atoms with Gasteiger partial charge in [-0.2, -0.15) is 0 Å². The van der Waals surface area contributed by atoms with E-state index in [9.17, 15) is 9.59 Å². The van der Waals surface area contributed by atoms with Gasteiger partial charge in [0.2, 0.25) is 5.91 Å². The fraction of sp³-hybridized carbons (Fsp3) is 0.292. The molecule has 1 saturated heterocycles. The van der Waals surface area contributed by atoms with Gasteiger partial charge in [0.15, 0.2) is 11.5 Å². The Morgan fingerprint density at radius 1 is 1.12 bits per heavy atom. The number of thioether (sulfide) groups is 1. The number of halogens is 1. The third-order valence-corrected chi connectivity index (χ3v) is 6.84. The van der Waals surface area contributed by atoms with E-state index in [0.29, 0.717) is 33.7 Å². The van der Waals surface area contributed by atoms with Crippen LogP contribution in [0.1, 0.15) is 31.2 Å². The minimum absolute atomic E-state index is 0.0171. The molecule has 6 nitrogen and oxygen atoms in total. The number of carbonyl (C=O) groups is 2. The number of unbranched alkanes of at least 4 members (excludes halogenated alkanes) is 2. The van der Waals surface area contributed by atoms with Gasteiger partial charge in [0.1, 0.15) is 4.32 Å². The minimum atomic E-state index is -0.0906. The molecule has 2 amide bonds.